The summed E-state index contributed by atoms with van der Waals surface area (Å²) in [5.74, 6) is 0.736. The standard InChI is InChI=1S/C18H30N4O.HI/c1-14(11-12-15-9-7-6-8-10-15)22-17(20-5)21-13-18(2,3)16(23)19-4;/h6-10,14H,11-13H2,1-5H3,(H,19,23)(H2,20,21,22);1H. The van der Waals surface area contributed by atoms with Gasteiger partial charge >= 0.3 is 0 Å². The van der Waals surface area contributed by atoms with Gasteiger partial charge in [-0.3, -0.25) is 9.79 Å². The highest BCUT2D eigenvalue weighted by atomic mass is 127. The second kappa shape index (κ2) is 11.3. The molecule has 1 aromatic carbocycles. The predicted molar refractivity (Wildman–Crippen MR) is 112 cm³/mol. The number of amides is 1. The zero-order valence-corrected chi connectivity index (χ0v) is 17.7. The molecule has 0 saturated heterocycles. The first-order valence-electron chi connectivity index (χ1n) is 8.12. The molecule has 0 aliphatic rings. The number of benzene rings is 1. The van der Waals surface area contributed by atoms with Gasteiger partial charge in [-0.25, -0.2) is 0 Å². The topological polar surface area (TPSA) is 65.5 Å². The van der Waals surface area contributed by atoms with Crippen molar-refractivity contribution in [1.82, 2.24) is 16.0 Å². The van der Waals surface area contributed by atoms with Crippen LogP contribution in [0.5, 0.6) is 0 Å². The van der Waals surface area contributed by atoms with Crippen LogP contribution in [0.4, 0.5) is 0 Å². The van der Waals surface area contributed by atoms with E-state index in [1.165, 1.54) is 5.56 Å². The first-order chi connectivity index (χ1) is 10.9. The summed E-state index contributed by atoms with van der Waals surface area (Å²) in [6, 6.07) is 10.7. The molecule has 1 unspecified atom stereocenters. The lowest BCUT2D eigenvalue weighted by atomic mass is 9.92. The van der Waals surface area contributed by atoms with E-state index in [0.29, 0.717) is 12.6 Å². The van der Waals surface area contributed by atoms with E-state index in [4.69, 9.17) is 0 Å². The Hall–Kier alpha value is -1.31. The highest BCUT2D eigenvalue weighted by molar-refractivity contribution is 14.0. The third-order valence-corrected chi connectivity index (χ3v) is 3.86. The van der Waals surface area contributed by atoms with Crippen molar-refractivity contribution in [2.24, 2.45) is 10.4 Å². The maximum Gasteiger partial charge on any atom is 0.227 e. The lowest BCUT2D eigenvalue weighted by Crippen LogP contribution is -2.49. The van der Waals surface area contributed by atoms with Crippen molar-refractivity contribution in [2.45, 2.75) is 39.7 Å². The summed E-state index contributed by atoms with van der Waals surface area (Å²) in [5.41, 5.74) is 0.851. The van der Waals surface area contributed by atoms with E-state index >= 15 is 0 Å². The summed E-state index contributed by atoms with van der Waals surface area (Å²) in [4.78, 5) is 16.0. The Kier molecular flexibility index (Phi) is 10.7. The van der Waals surface area contributed by atoms with Crippen LogP contribution in [0.2, 0.25) is 0 Å². The maximum atomic E-state index is 11.8. The highest BCUT2D eigenvalue weighted by Gasteiger charge is 2.26. The van der Waals surface area contributed by atoms with Gasteiger partial charge in [-0.15, -0.1) is 24.0 Å². The number of rotatable bonds is 7. The van der Waals surface area contributed by atoms with Crippen LogP contribution in [0.1, 0.15) is 32.8 Å². The fourth-order valence-corrected chi connectivity index (χ4v) is 2.25. The van der Waals surface area contributed by atoms with Crippen molar-refractivity contribution in [3.63, 3.8) is 0 Å². The van der Waals surface area contributed by atoms with Gasteiger partial charge in [0.1, 0.15) is 0 Å². The summed E-state index contributed by atoms with van der Waals surface area (Å²) in [6.45, 7) is 6.48. The predicted octanol–water partition coefficient (Wildman–Crippen LogP) is 2.56. The number of hydrogen-bond acceptors (Lipinski definition) is 2. The molecule has 0 aliphatic heterocycles. The molecule has 0 fully saturated rings. The molecule has 24 heavy (non-hydrogen) atoms. The summed E-state index contributed by atoms with van der Waals surface area (Å²) in [5, 5.41) is 9.29. The minimum absolute atomic E-state index is 0. The van der Waals surface area contributed by atoms with Crippen molar-refractivity contribution < 1.29 is 4.79 Å². The number of halogens is 1. The molecular weight excluding hydrogens is 415 g/mol. The third kappa shape index (κ3) is 7.99. The molecule has 0 aliphatic carbocycles. The van der Waals surface area contributed by atoms with Crippen LogP contribution in [0.3, 0.4) is 0 Å². The molecule has 3 N–H and O–H groups in total. The number of carbonyl (C=O) groups excluding carboxylic acids is 1. The quantitative estimate of drug-likeness (QED) is 0.343. The molecule has 0 radical (unpaired) electrons. The summed E-state index contributed by atoms with van der Waals surface area (Å²) in [7, 11) is 3.40. The van der Waals surface area contributed by atoms with Gasteiger partial charge in [-0.05, 0) is 39.2 Å². The minimum Gasteiger partial charge on any atom is -0.359 e. The normalized spacial score (nSPS) is 12.8. The van der Waals surface area contributed by atoms with Gasteiger partial charge in [0.2, 0.25) is 5.91 Å². The summed E-state index contributed by atoms with van der Waals surface area (Å²) >= 11 is 0. The van der Waals surface area contributed by atoms with Crippen molar-refractivity contribution in [2.75, 3.05) is 20.6 Å². The number of carbonyl (C=O) groups is 1. The first-order valence-corrected chi connectivity index (χ1v) is 8.12. The first kappa shape index (κ1) is 22.7. The van der Waals surface area contributed by atoms with Crippen LogP contribution in [-0.2, 0) is 11.2 Å². The molecule has 5 nitrogen and oxygen atoms in total. The van der Waals surface area contributed by atoms with Crippen LogP contribution in [0, 0.1) is 5.41 Å². The molecule has 1 rings (SSSR count). The van der Waals surface area contributed by atoms with Crippen molar-refractivity contribution in [1.29, 1.82) is 0 Å². The molecule has 1 amide bonds. The number of aliphatic imine (C=N–C) groups is 1. The van der Waals surface area contributed by atoms with E-state index in [9.17, 15) is 4.79 Å². The Labute approximate surface area is 163 Å². The van der Waals surface area contributed by atoms with Gasteiger partial charge in [-0.1, -0.05) is 30.3 Å². The van der Waals surface area contributed by atoms with E-state index in [2.05, 4.69) is 52.1 Å². The Morgan fingerprint density at radius 2 is 1.88 bits per heavy atom. The van der Waals surface area contributed by atoms with E-state index in [0.717, 1.165) is 18.8 Å². The van der Waals surface area contributed by atoms with E-state index in [1.54, 1.807) is 14.1 Å². The van der Waals surface area contributed by atoms with Crippen molar-refractivity contribution in [3.8, 4) is 0 Å². The molecule has 0 saturated carbocycles. The molecule has 0 spiro atoms. The zero-order valence-electron chi connectivity index (χ0n) is 15.3. The number of aryl methyl sites for hydroxylation is 1. The highest BCUT2D eigenvalue weighted by Crippen LogP contribution is 2.13. The van der Waals surface area contributed by atoms with E-state index in [-0.39, 0.29) is 29.9 Å². The molecule has 1 atom stereocenters. The summed E-state index contributed by atoms with van der Waals surface area (Å²) in [6.07, 6.45) is 2.04. The number of guanidine groups is 1. The molecule has 136 valence electrons. The Morgan fingerprint density at radius 1 is 1.25 bits per heavy atom. The molecule has 0 bridgehead atoms. The number of nitrogens with one attached hydrogen (secondary N) is 3. The third-order valence-electron chi connectivity index (χ3n) is 3.86. The molecule has 0 aromatic heterocycles. The van der Waals surface area contributed by atoms with Gasteiger partial charge in [0, 0.05) is 26.7 Å². The van der Waals surface area contributed by atoms with Crippen LogP contribution >= 0.6 is 24.0 Å². The molecule has 0 heterocycles. The molecular formula is C18H31IN4O. The second-order valence-corrected chi connectivity index (χ2v) is 6.46. The summed E-state index contributed by atoms with van der Waals surface area (Å²) < 4.78 is 0. The smallest absolute Gasteiger partial charge is 0.227 e. The lowest BCUT2D eigenvalue weighted by molar-refractivity contribution is -0.128. The Bertz CT molecular complexity index is 517. The van der Waals surface area contributed by atoms with E-state index < -0.39 is 5.41 Å². The largest absolute Gasteiger partial charge is 0.359 e. The monoisotopic (exact) mass is 446 g/mol. The maximum absolute atomic E-state index is 11.8. The van der Waals surface area contributed by atoms with Crippen LogP contribution in [0.15, 0.2) is 35.3 Å². The second-order valence-electron chi connectivity index (χ2n) is 6.46. The van der Waals surface area contributed by atoms with Crippen LogP contribution in [0.25, 0.3) is 0 Å². The van der Waals surface area contributed by atoms with Gasteiger partial charge in [0.25, 0.3) is 0 Å². The van der Waals surface area contributed by atoms with E-state index in [1.807, 2.05) is 19.9 Å². The van der Waals surface area contributed by atoms with Crippen LogP contribution in [-0.4, -0.2) is 38.5 Å². The minimum atomic E-state index is -0.486. The average Bonchev–Trinajstić information content (AvgIpc) is 2.56. The zero-order chi connectivity index (χ0) is 17.3. The average molecular weight is 446 g/mol. The van der Waals surface area contributed by atoms with Crippen molar-refractivity contribution in [3.05, 3.63) is 35.9 Å². The Morgan fingerprint density at radius 3 is 2.42 bits per heavy atom. The molecule has 6 heteroatoms. The fourth-order valence-electron chi connectivity index (χ4n) is 2.25. The van der Waals surface area contributed by atoms with Gasteiger partial charge in [0.05, 0.1) is 5.41 Å². The van der Waals surface area contributed by atoms with Crippen molar-refractivity contribution >= 4 is 35.8 Å². The molecule has 1 aromatic rings. The fraction of sp³-hybridized carbons (Fsp3) is 0.556. The van der Waals surface area contributed by atoms with Gasteiger partial charge < -0.3 is 16.0 Å². The van der Waals surface area contributed by atoms with Crippen LogP contribution < -0.4 is 16.0 Å². The van der Waals surface area contributed by atoms with Gasteiger partial charge in [0.15, 0.2) is 5.96 Å². The SMILES string of the molecule is CN=C(NCC(C)(C)C(=O)NC)NC(C)CCc1ccccc1.I. The number of nitrogens with zero attached hydrogens (tertiary/aromatic N) is 1. The number of hydrogen-bond donors (Lipinski definition) is 3. The lowest BCUT2D eigenvalue weighted by Gasteiger charge is -2.25. The van der Waals surface area contributed by atoms with Gasteiger partial charge in [-0.2, -0.15) is 0 Å². The Balaban J connectivity index is 0.00000529.